The number of carboxylic acids is 1. The fourth-order valence-electron chi connectivity index (χ4n) is 3.73. The minimum absolute atomic E-state index is 0.0180. The maximum absolute atomic E-state index is 12.9. The molecule has 1 saturated carbocycles. The van der Waals surface area contributed by atoms with Crippen LogP contribution >= 0.6 is 0 Å². The first kappa shape index (κ1) is 25.0. The number of rotatable bonds is 7. The standard InChI is InChI=1S/C25H23F3N4O4/c1-15-3-6-18(25(26,27)28)11-20(15)32-22(35)31-19-7-4-16(5-8-19)17-12-29-23(30-13-17)36-14-24(21(33)34)9-2-10-24/h3-8,11-13H,2,9-10,14H2,1H3,(H,33,34)(H2,31,32,35). The summed E-state index contributed by atoms with van der Waals surface area (Å²) in [6.07, 6.45) is 0.565. The summed E-state index contributed by atoms with van der Waals surface area (Å²) in [6, 6.07) is 9.25. The van der Waals surface area contributed by atoms with E-state index in [2.05, 4.69) is 20.6 Å². The highest BCUT2D eigenvalue weighted by Gasteiger charge is 2.45. The van der Waals surface area contributed by atoms with E-state index in [1.807, 2.05) is 0 Å². The van der Waals surface area contributed by atoms with Crippen LogP contribution in [0, 0.1) is 12.3 Å². The second-order valence-electron chi connectivity index (χ2n) is 8.67. The molecule has 36 heavy (non-hydrogen) atoms. The van der Waals surface area contributed by atoms with Gasteiger partial charge in [0, 0.05) is 29.3 Å². The van der Waals surface area contributed by atoms with Crippen molar-refractivity contribution in [3.8, 4) is 17.1 Å². The number of urea groups is 1. The number of carbonyl (C=O) groups is 2. The number of halogens is 3. The number of benzene rings is 2. The maximum Gasteiger partial charge on any atom is 0.416 e. The molecule has 3 N–H and O–H groups in total. The number of carboxylic acid groups (broad SMARTS) is 1. The number of aromatic nitrogens is 2. The van der Waals surface area contributed by atoms with Gasteiger partial charge in [0.1, 0.15) is 12.0 Å². The van der Waals surface area contributed by atoms with Crippen molar-refractivity contribution < 1.29 is 32.6 Å². The van der Waals surface area contributed by atoms with E-state index in [9.17, 15) is 27.9 Å². The molecule has 0 radical (unpaired) electrons. The van der Waals surface area contributed by atoms with Crippen LogP contribution in [0.2, 0.25) is 0 Å². The zero-order valence-electron chi connectivity index (χ0n) is 19.2. The first-order valence-corrected chi connectivity index (χ1v) is 11.1. The van der Waals surface area contributed by atoms with Crippen LogP contribution in [-0.2, 0) is 11.0 Å². The minimum atomic E-state index is -4.51. The Morgan fingerprint density at radius 1 is 1.03 bits per heavy atom. The van der Waals surface area contributed by atoms with Gasteiger partial charge in [-0.2, -0.15) is 13.2 Å². The van der Waals surface area contributed by atoms with E-state index >= 15 is 0 Å². The third-order valence-corrected chi connectivity index (χ3v) is 6.16. The summed E-state index contributed by atoms with van der Waals surface area (Å²) >= 11 is 0. The van der Waals surface area contributed by atoms with Crippen LogP contribution in [0.4, 0.5) is 29.3 Å². The zero-order chi connectivity index (χ0) is 25.9. The highest BCUT2D eigenvalue weighted by Crippen LogP contribution is 2.41. The monoisotopic (exact) mass is 500 g/mol. The molecule has 8 nitrogen and oxygen atoms in total. The maximum atomic E-state index is 12.9. The number of anilines is 2. The molecule has 1 aliphatic carbocycles. The normalized spacial score (nSPS) is 14.4. The molecule has 0 atom stereocenters. The molecule has 3 aromatic rings. The van der Waals surface area contributed by atoms with Crippen molar-refractivity contribution in [1.29, 1.82) is 0 Å². The molecule has 0 spiro atoms. The van der Waals surface area contributed by atoms with Crippen LogP contribution in [0.3, 0.4) is 0 Å². The summed E-state index contributed by atoms with van der Waals surface area (Å²) in [7, 11) is 0. The molecule has 1 heterocycles. The second kappa shape index (κ2) is 9.84. The van der Waals surface area contributed by atoms with E-state index in [-0.39, 0.29) is 18.3 Å². The number of hydrogen-bond donors (Lipinski definition) is 3. The van der Waals surface area contributed by atoms with Gasteiger partial charge in [0.15, 0.2) is 0 Å². The lowest BCUT2D eigenvalue weighted by molar-refractivity contribution is -0.157. The van der Waals surface area contributed by atoms with E-state index in [1.54, 1.807) is 43.6 Å². The summed E-state index contributed by atoms with van der Waals surface area (Å²) in [5, 5.41) is 14.4. The molecule has 1 fully saturated rings. The lowest BCUT2D eigenvalue weighted by Crippen LogP contribution is -2.43. The first-order chi connectivity index (χ1) is 17.1. The zero-order valence-corrected chi connectivity index (χ0v) is 19.2. The molecule has 1 aliphatic rings. The Balaban J connectivity index is 1.35. The van der Waals surface area contributed by atoms with Crippen LogP contribution in [0.1, 0.15) is 30.4 Å². The van der Waals surface area contributed by atoms with Gasteiger partial charge in [0.2, 0.25) is 0 Å². The Hall–Kier alpha value is -4.15. The highest BCUT2D eigenvalue weighted by atomic mass is 19.4. The number of carbonyl (C=O) groups excluding carboxylic acids is 1. The lowest BCUT2D eigenvalue weighted by atomic mass is 9.69. The van der Waals surface area contributed by atoms with Gasteiger partial charge in [-0.1, -0.05) is 24.6 Å². The van der Waals surface area contributed by atoms with Crippen LogP contribution in [-0.4, -0.2) is 33.7 Å². The van der Waals surface area contributed by atoms with Gasteiger partial charge in [-0.3, -0.25) is 4.79 Å². The molecule has 4 rings (SSSR count). The van der Waals surface area contributed by atoms with Gasteiger partial charge in [0.25, 0.3) is 0 Å². The molecular weight excluding hydrogens is 477 g/mol. The molecule has 188 valence electrons. The summed E-state index contributed by atoms with van der Waals surface area (Å²) in [5.41, 5.74) is 0.697. The summed E-state index contributed by atoms with van der Waals surface area (Å²) in [4.78, 5) is 32.0. The highest BCUT2D eigenvalue weighted by molar-refractivity contribution is 6.00. The first-order valence-electron chi connectivity index (χ1n) is 11.1. The van der Waals surface area contributed by atoms with Gasteiger partial charge < -0.3 is 20.5 Å². The molecule has 11 heteroatoms. The molecule has 0 saturated heterocycles. The van der Waals surface area contributed by atoms with Gasteiger partial charge in [0.05, 0.1) is 5.56 Å². The molecule has 0 aliphatic heterocycles. The smallest absolute Gasteiger partial charge is 0.416 e. The fourth-order valence-corrected chi connectivity index (χ4v) is 3.73. The van der Waals surface area contributed by atoms with E-state index in [1.165, 1.54) is 6.07 Å². The predicted octanol–water partition coefficient (Wildman–Crippen LogP) is 5.75. The summed E-state index contributed by atoms with van der Waals surface area (Å²) < 4.78 is 44.3. The molecule has 2 amide bonds. The number of nitrogens with one attached hydrogen (secondary N) is 2. The number of hydrogen-bond acceptors (Lipinski definition) is 5. The number of amides is 2. The number of ether oxygens (including phenoxy) is 1. The van der Waals surface area contributed by atoms with Crippen molar-refractivity contribution in [3.05, 3.63) is 66.0 Å². The van der Waals surface area contributed by atoms with Crippen LogP contribution < -0.4 is 15.4 Å². The van der Waals surface area contributed by atoms with Crippen molar-refractivity contribution in [2.45, 2.75) is 32.4 Å². The van der Waals surface area contributed by atoms with Crippen LogP contribution in [0.5, 0.6) is 6.01 Å². The Kier molecular flexibility index (Phi) is 6.82. The summed E-state index contributed by atoms with van der Waals surface area (Å²) in [6.45, 7) is 1.62. The average molecular weight is 500 g/mol. The Labute approximate surface area is 204 Å². The SMILES string of the molecule is Cc1ccc(C(F)(F)F)cc1NC(=O)Nc1ccc(-c2cnc(OCC3(C(=O)O)CCC3)nc2)cc1. The van der Waals surface area contributed by atoms with Gasteiger partial charge in [-0.25, -0.2) is 14.8 Å². The van der Waals surface area contributed by atoms with Gasteiger partial charge in [-0.05, 0) is 55.2 Å². The third kappa shape index (κ3) is 5.56. The van der Waals surface area contributed by atoms with Gasteiger partial charge >= 0.3 is 24.2 Å². The summed E-state index contributed by atoms with van der Waals surface area (Å²) in [5.74, 6) is -0.877. The number of nitrogens with zero attached hydrogens (tertiary/aromatic N) is 2. The van der Waals surface area contributed by atoms with E-state index in [4.69, 9.17) is 4.74 Å². The van der Waals surface area contributed by atoms with Crippen molar-refractivity contribution in [1.82, 2.24) is 9.97 Å². The van der Waals surface area contributed by atoms with Crippen molar-refractivity contribution >= 4 is 23.4 Å². The van der Waals surface area contributed by atoms with Crippen molar-refractivity contribution in [2.75, 3.05) is 17.2 Å². The second-order valence-corrected chi connectivity index (χ2v) is 8.67. The molecule has 0 unspecified atom stereocenters. The number of aryl methyl sites for hydroxylation is 1. The topological polar surface area (TPSA) is 113 Å². The Bertz CT molecular complexity index is 1260. The Morgan fingerprint density at radius 3 is 2.25 bits per heavy atom. The van der Waals surface area contributed by atoms with Crippen LogP contribution in [0.25, 0.3) is 11.1 Å². The average Bonchev–Trinajstić information content (AvgIpc) is 2.80. The quantitative estimate of drug-likeness (QED) is 0.381. The fraction of sp³-hybridized carbons (Fsp3) is 0.280. The minimum Gasteiger partial charge on any atom is -0.481 e. The molecule has 0 bridgehead atoms. The van der Waals surface area contributed by atoms with E-state index < -0.39 is 29.2 Å². The predicted molar refractivity (Wildman–Crippen MR) is 126 cm³/mol. The van der Waals surface area contributed by atoms with E-state index in [0.717, 1.165) is 24.1 Å². The lowest BCUT2D eigenvalue weighted by Gasteiger charge is -2.36. The van der Waals surface area contributed by atoms with Crippen molar-refractivity contribution in [2.24, 2.45) is 5.41 Å². The Morgan fingerprint density at radius 2 is 1.69 bits per heavy atom. The van der Waals surface area contributed by atoms with Crippen LogP contribution in [0.15, 0.2) is 54.9 Å². The largest absolute Gasteiger partial charge is 0.481 e. The molecular formula is C25H23F3N4O4. The number of aliphatic carboxylic acids is 1. The van der Waals surface area contributed by atoms with E-state index in [0.29, 0.717) is 29.7 Å². The number of alkyl halides is 3. The molecule has 1 aromatic heterocycles. The third-order valence-electron chi connectivity index (χ3n) is 6.16. The van der Waals surface area contributed by atoms with Crippen molar-refractivity contribution in [3.63, 3.8) is 0 Å². The molecule has 2 aromatic carbocycles. The van der Waals surface area contributed by atoms with Gasteiger partial charge in [-0.15, -0.1) is 0 Å².